The average Bonchev–Trinajstić information content (AvgIpc) is 3.11. The molecule has 2 N–H and O–H groups in total. The van der Waals surface area contributed by atoms with Gasteiger partial charge in [-0.15, -0.1) is 0 Å². The summed E-state index contributed by atoms with van der Waals surface area (Å²) in [6.07, 6.45) is 0. The number of rotatable bonds is 7. The first kappa shape index (κ1) is 21.4. The average molecular weight is 429 g/mol. The van der Waals surface area contributed by atoms with E-state index in [2.05, 4.69) is 10.0 Å². The Morgan fingerprint density at radius 2 is 1.70 bits per heavy atom. The summed E-state index contributed by atoms with van der Waals surface area (Å²) in [5, 5.41) is 2.68. The van der Waals surface area contributed by atoms with Crippen molar-refractivity contribution < 1.29 is 17.6 Å². The Bertz CT molecular complexity index is 1220. The third-order valence-corrected chi connectivity index (χ3v) is 5.91. The minimum atomic E-state index is -3.93. The Morgan fingerprint density at radius 1 is 1.00 bits per heavy atom. The molecule has 0 spiro atoms. The Hall–Kier alpha value is -3.33. The molecule has 9 heteroatoms. The first-order chi connectivity index (χ1) is 14.2. The van der Waals surface area contributed by atoms with E-state index < -0.39 is 21.5 Å². The van der Waals surface area contributed by atoms with Crippen LogP contribution in [-0.2, 0) is 27.9 Å². The van der Waals surface area contributed by atoms with Gasteiger partial charge >= 0.3 is 0 Å². The van der Waals surface area contributed by atoms with Crippen LogP contribution in [-0.4, -0.2) is 18.9 Å². The number of pyridine rings is 1. The highest BCUT2D eigenvalue weighted by Gasteiger charge is 2.18. The second-order valence-electron chi connectivity index (χ2n) is 6.99. The lowest BCUT2D eigenvalue weighted by Gasteiger charge is -2.13. The molecule has 1 aromatic carbocycles. The molecule has 0 saturated carbocycles. The van der Waals surface area contributed by atoms with Crippen molar-refractivity contribution in [2.45, 2.75) is 38.8 Å². The minimum absolute atomic E-state index is 0.0473. The largest absolute Gasteiger partial charge is 0.465 e. The number of nitrogens with one attached hydrogen (secondary N) is 2. The number of nitrogens with zero attached hydrogens (tertiary/aromatic N) is 1. The van der Waals surface area contributed by atoms with Crippen molar-refractivity contribution in [2.24, 2.45) is 0 Å². The van der Waals surface area contributed by atoms with Gasteiger partial charge in [-0.05, 0) is 57.2 Å². The van der Waals surface area contributed by atoms with Gasteiger partial charge in [0.15, 0.2) is 0 Å². The number of carbonyl (C=O) groups excluding carboxylic acids is 1. The molecule has 30 heavy (non-hydrogen) atoms. The number of hydrogen-bond donors (Lipinski definition) is 2. The van der Waals surface area contributed by atoms with Gasteiger partial charge in [0.25, 0.3) is 15.6 Å². The van der Waals surface area contributed by atoms with Crippen molar-refractivity contribution in [1.82, 2.24) is 9.88 Å². The summed E-state index contributed by atoms with van der Waals surface area (Å²) in [5.41, 5.74) is 0.718. The third-order valence-electron chi connectivity index (χ3n) is 4.53. The highest BCUT2D eigenvalue weighted by atomic mass is 32.2. The fourth-order valence-corrected chi connectivity index (χ4v) is 3.89. The Balaban J connectivity index is 1.77. The van der Waals surface area contributed by atoms with E-state index in [-0.39, 0.29) is 23.7 Å². The number of carbonyl (C=O) groups is 1. The number of aryl methyl sites for hydroxylation is 3. The summed E-state index contributed by atoms with van der Waals surface area (Å²) in [5.74, 6) is 0.942. The molecule has 3 rings (SSSR count). The first-order valence-corrected chi connectivity index (χ1v) is 10.8. The van der Waals surface area contributed by atoms with E-state index in [9.17, 15) is 18.0 Å². The molecular weight excluding hydrogens is 406 g/mol. The molecule has 0 aliphatic heterocycles. The summed E-state index contributed by atoms with van der Waals surface area (Å²) in [4.78, 5) is 25.1. The molecule has 0 aliphatic carbocycles. The van der Waals surface area contributed by atoms with Gasteiger partial charge in [0.1, 0.15) is 23.8 Å². The monoisotopic (exact) mass is 429 g/mol. The van der Waals surface area contributed by atoms with E-state index in [0.717, 1.165) is 11.3 Å². The molecule has 2 aromatic heterocycles. The molecular formula is C21H23N3O5S. The highest BCUT2D eigenvalue weighted by molar-refractivity contribution is 7.92. The second kappa shape index (κ2) is 8.58. The maximum atomic E-state index is 12.8. The zero-order chi connectivity index (χ0) is 21.9. The van der Waals surface area contributed by atoms with Gasteiger partial charge in [-0.3, -0.25) is 14.3 Å². The smallest absolute Gasteiger partial charge is 0.275 e. The molecule has 158 valence electrons. The predicted octanol–water partition coefficient (Wildman–Crippen LogP) is 2.48. The van der Waals surface area contributed by atoms with Crippen LogP contribution in [0.4, 0.5) is 5.69 Å². The van der Waals surface area contributed by atoms with Gasteiger partial charge < -0.3 is 14.3 Å². The van der Waals surface area contributed by atoms with Gasteiger partial charge in [-0.1, -0.05) is 17.7 Å². The molecule has 0 saturated heterocycles. The maximum Gasteiger partial charge on any atom is 0.275 e. The van der Waals surface area contributed by atoms with Gasteiger partial charge in [-0.25, -0.2) is 8.42 Å². The Labute approximate surface area is 174 Å². The van der Waals surface area contributed by atoms with Crippen molar-refractivity contribution in [3.8, 4) is 0 Å². The van der Waals surface area contributed by atoms with Crippen molar-refractivity contribution in [3.05, 3.63) is 81.7 Å². The standard InChI is InChI=1S/C21H23N3O5S/c1-14-4-9-18(10-5-14)30(27,28)23-19-11-6-15(2)24(21(19)26)13-20(25)22-12-17-8-7-16(3)29-17/h4-11,23H,12-13H2,1-3H3,(H,22,25). The van der Waals surface area contributed by atoms with Gasteiger partial charge in [0.05, 0.1) is 11.4 Å². The molecule has 0 bridgehead atoms. The summed E-state index contributed by atoms with van der Waals surface area (Å²) in [6.45, 7) is 5.27. The second-order valence-corrected chi connectivity index (χ2v) is 8.67. The van der Waals surface area contributed by atoms with Crippen LogP contribution in [0.1, 0.15) is 22.8 Å². The zero-order valence-corrected chi connectivity index (χ0v) is 17.7. The molecule has 3 aromatic rings. The fourth-order valence-electron chi connectivity index (χ4n) is 2.83. The normalized spacial score (nSPS) is 11.3. The third kappa shape index (κ3) is 4.98. The molecule has 0 fully saturated rings. The summed E-state index contributed by atoms with van der Waals surface area (Å²) in [6, 6.07) is 12.8. The van der Waals surface area contributed by atoms with Crippen LogP contribution in [0.3, 0.4) is 0 Å². The quantitative estimate of drug-likeness (QED) is 0.600. The minimum Gasteiger partial charge on any atom is -0.465 e. The lowest BCUT2D eigenvalue weighted by molar-refractivity contribution is -0.122. The van der Waals surface area contributed by atoms with E-state index in [4.69, 9.17) is 4.42 Å². The van der Waals surface area contributed by atoms with E-state index in [0.29, 0.717) is 11.5 Å². The van der Waals surface area contributed by atoms with Gasteiger partial charge in [0.2, 0.25) is 5.91 Å². The molecule has 0 radical (unpaired) electrons. The van der Waals surface area contributed by atoms with E-state index >= 15 is 0 Å². The SMILES string of the molecule is Cc1ccc(S(=O)(=O)Nc2ccc(C)n(CC(=O)NCc3ccc(C)o3)c2=O)cc1. The van der Waals surface area contributed by atoms with Crippen LogP contribution in [0.5, 0.6) is 0 Å². The van der Waals surface area contributed by atoms with E-state index in [1.54, 1.807) is 44.2 Å². The molecule has 2 heterocycles. The number of furan rings is 1. The predicted molar refractivity (Wildman–Crippen MR) is 113 cm³/mol. The summed E-state index contributed by atoms with van der Waals surface area (Å²) < 4.78 is 34.1. The number of aromatic nitrogens is 1. The molecule has 0 unspecified atom stereocenters. The molecule has 0 atom stereocenters. The van der Waals surface area contributed by atoms with Crippen LogP contribution < -0.4 is 15.6 Å². The number of sulfonamides is 1. The number of anilines is 1. The van der Waals surface area contributed by atoms with Crippen LogP contribution in [0.25, 0.3) is 0 Å². The van der Waals surface area contributed by atoms with Crippen molar-refractivity contribution in [3.63, 3.8) is 0 Å². The zero-order valence-electron chi connectivity index (χ0n) is 16.9. The summed E-state index contributed by atoms with van der Waals surface area (Å²) >= 11 is 0. The van der Waals surface area contributed by atoms with Crippen LogP contribution in [0.15, 0.2) is 62.6 Å². The lowest BCUT2D eigenvalue weighted by Crippen LogP contribution is -2.34. The number of benzene rings is 1. The molecule has 1 amide bonds. The topological polar surface area (TPSA) is 110 Å². The van der Waals surface area contributed by atoms with Gasteiger partial charge in [0, 0.05) is 5.69 Å². The lowest BCUT2D eigenvalue weighted by atomic mass is 10.2. The number of hydrogen-bond acceptors (Lipinski definition) is 5. The molecule has 0 aliphatic rings. The van der Waals surface area contributed by atoms with Crippen molar-refractivity contribution >= 4 is 21.6 Å². The Morgan fingerprint density at radius 3 is 2.33 bits per heavy atom. The van der Waals surface area contributed by atoms with Crippen LogP contribution in [0.2, 0.25) is 0 Å². The maximum absolute atomic E-state index is 12.8. The molecule has 8 nitrogen and oxygen atoms in total. The van der Waals surface area contributed by atoms with Crippen LogP contribution in [0, 0.1) is 20.8 Å². The van der Waals surface area contributed by atoms with Crippen LogP contribution >= 0.6 is 0 Å². The van der Waals surface area contributed by atoms with Crippen molar-refractivity contribution in [1.29, 1.82) is 0 Å². The summed E-state index contributed by atoms with van der Waals surface area (Å²) in [7, 11) is -3.93. The van der Waals surface area contributed by atoms with E-state index in [1.165, 1.54) is 22.8 Å². The van der Waals surface area contributed by atoms with Crippen molar-refractivity contribution in [2.75, 3.05) is 4.72 Å². The fraction of sp³-hybridized carbons (Fsp3) is 0.238. The highest BCUT2D eigenvalue weighted by Crippen LogP contribution is 2.15. The number of amides is 1. The first-order valence-electron chi connectivity index (χ1n) is 9.27. The van der Waals surface area contributed by atoms with Gasteiger partial charge in [-0.2, -0.15) is 0 Å². The van der Waals surface area contributed by atoms with E-state index in [1.807, 2.05) is 6.92 Å². The Kier molecular flexibility index (Phi) is 6.12.